The van der Waals surface area contributed by atoms with Crippen LogP contribution in [0.25, 0.3) is 0 Å². The summed E-state index contributed by atoms with van der Waals surface area (Å²) < 4.78 is 5.15. The van der Waals surface area contributed by atoms with Crippen LogP contribution in [0, 0.1) is 0 Å². The molecule has 0 radical (unpaired) electrons. The number of thiocarbonyl (C=S) groups is 1. The van der Waals surface area contributed by atoms with Gasteiger partial charge in [0.25, 0.3) is 0 Å². The molecule has 0 aliphatic carbocycles. The van der Waals surface area contributed by atoms with Crippen molar-refractivity contribution in [2.24, 2.45) is 5.73 Å². The van der Waals surface area contributed by atoms with Crippen LogP contribution in [-0.4, -0.2) is 30.1 Å². The predicted octanol–water partition coefficient (Wildman–Crippen LogP) is 2.70. The van der Waals surface area contributed by atoms with Gasteiger partial charge in [0.05, 0.1) is 18.1 Å². The Hall–Kier alpha value is -1.65. The second-order valence-corrected chi connectivity index (χ2v) is 4.58. The van der Waals surface area contributed by atoms with Crippen LogP contribution in [0.3, 0.4) is 0 Å². The third-order valence-electron chi connectivity index (χ3n) is 2.79. The first-order chi connectivity index (χ1) is 9.13. The molecule has 0 saturated carbocycles. The molecular formula is C15H20N2OS. The maximum absolute atomic E-state index is 5.89. The van der Waals surface area contributed by atoms with Crippen molar-refractivity contribution in [3.63, 3.8) is 0 Å². The molecule has 0 bridgehead atoms. The number of methoxy groups -OCH3 is 1. The van der Waals surface area contributed by atoms with E-state index in [9.17, 15) is 0 Å². The smallest absolute Gasteiger partial charge is 0.118 e. The van der Waals surface area contributed by atoms with Gasteiger partial charge in [0.2, 0.25) is 0 Å². The second kappa shape index (κ2) is 7.71. The summed E-state index contributed by atoms with van der Waals surface area (Å²) in [6.45, 7) is 8.92. The third kappa shape index (κ3) is 4.19. The summed E-state index contributed by atoms with van der Waals surface area (Å²) in [6, 6.07) is 7.63. The van der Waals surface area contributed by atoms with E-state index in [1.54, 1.807) is 7.11 Å². The summed E-state index contributed by atoms with van der Waals surface area (Å²) in [5.41, 5.74) is 6.93. The molecule has 1 aromatic rings. The molecule has 1 atom stereocenters. The van der Waals surface area contributed by atoms with E-state index >= 15 is 0 Å². The molecule has 1 aromatic carbocycles. The number of nitrogens with zero attached hydrogens (tertiary/aromatic N) is 1. The van der Waals surface area contributed by atoms with Gasteiger partial charge in [0.15, 0.2) is 0 Å². The monoisotopic (exact) mass is 276 g/mol. The lowest BCUT2D eigenvalue weighted by atomic mass is 10.0. The molecule has 1 rings (SSSR count). The Morgan fingerprint density at radius 3 is 2.21 bits per heavy atom. The fourth-order valence-electron chi connectivity index (χ4n) is 1.96. The van der Waals surface area contributed by atoms with E-state index in [1.807, 2.05) is 36.4 Å². The first kappa shape index (κ1) is 15.4. The fourth-order valence-corrected chi connectivity index (χ4v) is 2.24. The van der Waals surface area contributed by atoms with Gasteiger partial charge in [-0.2, -0.15) is 0 Å². The van der Waals surface area contributed by atoms with Gasteiger partial charge in [-0.15, -0.1) is 13.2 Å². The average Bonchev–Trinajstić information content (AvgIpc) is 2.40. The molecule has 102 valence electrons. The van der Waals surface area contributed by atoms with E-state index in [1.165, 1.54) is 0 Å². The highest BCUT2D eigenvalue weighted by Crippen LogP contribution is 2.23. The number of nitrogens with two attached hydrogens (primary N) is 1. The average molecular weight is 276 g/mol. The SMILES string of the molecule is C=CCN(CC=C)C(C(N)=S)c1ccc(OC)cc1. The molecule has 3 nitrogen and oxygen atoms in total. The van der Waals surface area contributed by atoms with Crippen molar-refractivity contribution >= 4 is 17.2 Å². The molecule has 19 heavy (non-hydrogen) atoms. The lowest BCUT2D eigenvalue weighted by Gasteiger charge is -2.29. The van der Waals surface area contributed by atoms with E-state index < -0.39 is 0 Å². The van der Waals surface area contributed by atoms with E-state index in [-0.39, 0.29) is 6.04 Å². The lowest BCUT2D eigenvalue weighted by molar-refractivity contribution is 0.301. The minimum Gasteiger partial charge on any atom is -0.497 e. The third-order valence-corrected chi connectivity index (χ3v) is 3.02. The summed E-state index contributed by atoms with van der Waals surface area (Å²) in [5, 5.41) is 0. The number of benzene rings is 1. The topological polar surface area (TPSA) is 38.5 Å². The van der Waals surface area contributed by atoms with Gasteiger partial charge in [-0.1, -0.05) is 36.5 Å². The van der Waals surface area contributed by atoms with Crippen LogP contribution in [0.5, 0.6) is 5.75 Å². The van der Waals surface area contributed by atoms with Gasteiger partial charge in [0.1, 0.15) is 5.75 Å². The highest BCUT2D eigenvalue weighted by Gasteiger charge is 2.21. The molecular weight excluding hydrogens is 256 g/mol. The Balaban J connectivity index is 3.05. The maximum atomic E-state index is 5.89. The Kier molecular flexibility index (Phi) is 6.25. The summed E-state index contributed by atoms with van der Waals surface area (Å²) in [6.07, 6.45) is 3.66. The van der Waals surface area contributed by atoms with Crippen LogP contribution in [0.4, 0.5) is 0 Å². The molecule has 0 aromatic heterocycles. The zero-order valence-corrected chi connectivity index (χ0v) is 12.0. The molecule has 0 fully saturated rings. The van der Waals surface area contributed by atoms with Crippen LogP contribution in [-0.2, 0) is 0 Å². The Labute approximate surface area is 120 Å². The minimum atomic E-state index is -0.128. The van der Waals surface area contributed by atoms with Crippen molar-refractivity contribution in [2.75, 3.05) is 20.2 Å². The van der Waals surface area contributed by atoms with Gasteiger partial charge < -0.3 is 10.5 Å². The summed E-state index contributed by atoms with van der Waals surface area (Å²) in [4.78, 5) is 2.55. The summed E-state index contributed by atoms with van der Waals surface area (Å²) >= 11 is 5.20. The number of rotatable bonds is 8. The Morgan fingerprint density at radius 1 is 1.32 bits per heavy atom. The van der Waals surface area contributed by atoms with Crippen molar-refractivity contribution in [3.05, 3.63) is 55.1 Å². The molecule has 0 saturated heterocycles. The van der Waals surface area contributed by atoms with Gasteiger partial charge in [-0.3, -0.25) is 4.90 Å². The van der Waals surface area contributed by atoms with E-state index in [0.29, 0.717) is 18.1 Å². The zero-order valence-electron chi connectivity index (χ0n) is 11.2. The largest absolute Gasteiger partial charge is 0.497 e. The summed E-state index contributed by atoms with van der Waals surface area (Å²) in [5.74, 6) is 0.810. The van der Waals surface area contributed by atoms with Gasteiger partial charge in [0, 0.05) is 13.1 Å². The second-order valence-electron chi connectivity index (χ2n) is 4.11. The van der Waals surface area contributed by atoms with Crippen molar-refractivity contribution < 1.29 is 4.74 Å². The molecule has 0 amide bonds. The first-order valence-corrected chi connectivity index (χ1v) is 6.44. The molecule has 0 aliphatic rings. The number of hydrogen-bond acceptors (Lipinski definition) is 3. The Bertz CT molecular complexity index is 432. The van der Waals surface area contributed by atoms with Gasteiger partial charge >= 0.3 is 0 Å². The normalized spacial score (nSPS) is 11.9. The van der Waals surface area contributed by atoms with Crippen LogP contribution < -0.4 is 10.5 Å². The summed E-state index contributed by atoms with van der Waals surface area (Å²) in [7, 11) is 1.64. The standard InChI is InChI=1S/C15H20N2OS/c1-4-10-17(11-5-2)14(15(16)19)12-6-8-13(18-3)9-7-12/h4-9,14H,1-2,10-11H2,3H3,(H2,16,19). The molecule has 4 heteroatoms. The molecule has 0 heterocycles. The van der Waals surface area contributed by atoms with Crippen molar-refractivity contribution in [2.45, 2.75) is 6.04 Å². The van der Waals surface area contributed by atoms with E-state index in [2.05, 4.69) is 18.1 Å². The first-order valence-electron chi connectivity index (χ1n) is 6.03. The van der Waals surface area contributed by atoms with E-state index in [0.717, 1.165) is 11.3 Å². The minimum absolute atomic E-state index is 0.128. The van der Waals surface area contributed by atoms with E-state index in [4.69, 9.17) is 22.7 Å². The number of hydrogen-bond donors (Lipinski definition) is 1. The molecule has 2 N–H and O–H groups in total. The highest BCUT2D eigenvalue weighted by molar-refractivity contribution is 7.80. The molecule has 0 spiro atoms. The van der Waals surface area contributed by atoms with Gasteiger partial charge in [-0.05, 0) is 17.7 Å². The Morgan fingerprint density at radius 2 is 1.84 bits per heavy atom. The fraction of sp³-hybridized carbons (Fsp3) is 0.267. The van der Waals surface area contributed by atoms with Crippen LogP contribution in [0.1, 0.15) is 11.6 Å². The lowest BCUT2D eigenvalue weighted by Crippen LogP contribution is -2.37. The maximum Gasteiger partial charge on any atom is 0.118 e. The van der Waals surface area contributed by atoms with Crippen LogP contribution in [0.15, 0.2) is 49.6 Å². The van der Waals surface area contributed by atoms with Crippen molar-refractivity contribution in [1.29, 1.82) is 0 Å². The van der Waals surface area contributed by atoms with Crippen molar-refractivity contribution in [3.8, 4) is 5.75 Å². The number of ether oxygens (including phenoxy) is 1. The zero-order chi connectivity index (χ0) is 14.3. The molecule has 1 unspecified atom stereocenters. The molecule has 0 aliphatic heterocycles. The highest BCUT2D eigenvalue weighted by atomic mass is 32.1. The van der Waals surface area contributed by atoms with Gasteiger partial charge in [-0.25, -0.2) is 0 Å². The quantitative estimate of drug-likeness (QED) is 0.585. The van der Waals surface area contributed by atoms with Crippen molar-refractivity contribution in [1.82, 2.24) is 4.90 Å². The van der Waals surface area contributed by atoms with Crippen LogP contribution in [0.2, 0.25) is 0 Å². The predicted molar refractivity (Wildman–Crippen MR) is 84.5 cm³/mol. The van der Waals surface area contributed by atoms with Crippen LogP contribution >= 0.6 is 12.2 Å².